The summed E-state index contributed by atoms with van der Waals surface area (Å²) in [5, 5.41) is 10.6. The Balaban J connectivity index is 1.66. The summed E-state index contributed by atoms with van der Waals surface area (Å²) < 4.78 is 46.1. The molecular weight excluding hydrogens is 522 g/mol. The molecule has 1 amide bonds. The van der Waals surface area contributed by atoms with Crippen LogP contribution < -0.4 is 14.2 Å². The minimum absolute atomic E-state index is 0.0229. The van der Waals surface area contributed by atoms with Crippen molar-refractivity contribution in [3.05, 3.63) is 42.5 Å². The number of methoxy groups -OCH3 is 1. The first-order valence-corrected chi connectivity index (χ1v) is 14.8. The van der Waals surface area contributed by atoms with Crippen LogP contribution in [-0.4, -0.2) is 102 Å². The van der Waals surface area contributed by atoms with E-state index < -0.39 is 16.1 Å². The molecule has 2 aromatic rings. The zero-order valence-electron chi connectivity index (χ0n) is 22.9. The Labute approximate surface area is 230 Å². The lowest BCUT2D eigenvalue weighted by molar-refractivity contribution is -0.139. The van der Waals surface area contributed by atoms with E-state index in [1.165, 1.54) is 0 Å². The second-order valence-corrected chi connectivity index (χ2v) is 12.1. The summed E-state index contributed by atoms with van der Waals surface area (Å²) in [4.78, 5) is 16.4. The lowest BCUT2D eigenvalue weighted by atomic mass is 9.78. The van der Waals surface area contributed by atoms with Gasteiger partial charge in [-0.3, -0.25) is 4.79 Å². The van der Waals surface area contributed by atoms with Crippen molar-refractivity contribution in [2.24, 2.45) is 5.41 Å². The van der Waals surface area contributed by atoms with Gasteiger partial charge in [0.25, 0.3) is 0 Å². The predicted octanol–water partition coefficient (Wildman–Crippen LogP) is 1.97. The number of carbonyl (C=O) groups excluding carboxylic acids is 1. The number of carbonyl (C=O) groups is 1. The number of aliphatic hydroxyl groups is 1. The molecule has 0 aliphatic carbocycles. The molecule has 2 aliphatic rings. The molecule has 1 atom stereocenters. The maximum Gasteiger partial charge on any atom is 0.248 e. The fourth-order valence-electron chi connectivity index (χ4n) is 5.26. The topological polar surface area (TPSA) is 118 Å². The molecule has 1 fully saturated rings. The van der Waals surface area contributed by atoms with Crippen LogP contribution in [0.3, 0.4) is 0 Å². The molecule has 2 aromatic carbocycles. The van der Waals surface area contributed by atoms with Crippen molar-refractivity contribution >= 4 is 15.9 Å². The first-order chi connectivity index (χ1) is 18.6. The maximum absolute atomic E-state index is 13.3. The number of rotatable bonds is 5. The second kappa shape index (κ2) is 12.6. The quantitative estimate of drug-likeness (QED) is 0.569. The highest BCUT2D eigenvalue weighted by Gasteiger charge is 2.39. The molecule has 10 nitrogen and oxygen atoms in total. The maximum atomic E-state index is 13.3. The zero-order valence-corrected chi connectivity index (χ0v) is 23.7. The van der Waals surface area contributed by atoms with Crippen molar-refractivity contribution in [2.75, 3.05) is 66.7 Å². The van der Waals surface area contributed by atoms with Crippen LogP contribution in [0, 0.1) is 5.41 Å². The minimum atomic E-state index is -3.95. The smallest absolute Gasteiger partial charge is 0.248 e. The molecule has 2 heterocycles. The fourth-order valence-corrected chi connectivity index (χ4v) is 6.46. The number of benzene rings is 2. The number of likely N-dealkylation sites (N-methyl/N-ethyl adjacent to an activating group) is 1. The molecule has 214 valence electrons. The van der Waals surface area contributed by atoms with E-state index in [2.05, 4.69) is 4.72 Å². The van der Waals surface area contributed by atoms with Gasteiger partial charge in [0.1, 0.15) is 23.0 Å². The molecule has 1 spiro atoms. The fraction of sp³-hybridized carbons (Fsp3) is 0.536. The van der Waals surface area contributed by atoms with Crippen molar-refractivity contribution in [3.63, 3.8) is 0 Å². The molecule has 1 unspecified atom stereocenters. The van der Waals surface area contributed by atoms with Crippen LogP contribution in [0.25, 0.3) is 11.1 Å². The van der Waals surface area contributed by atoms with Gasteiger partial charge in [0.05, 0.1) is 19.8 Å². The van der Waals surface area contributed by atoms with E-state index in [4.69, 9.17) is 14.2 Å². The lowest BCUT2D eigenvalue weighted by Crippen LogP contribution is -2.52. The molecule has 2 aliphatic heterocycles. The van der Waals surface area contributed by atoms with Gasteiger partial charge in [0, 0.05) is 44.7 Å². The van der Waals surface area contributed by atoms with Crippen molar-refractivity contribution in [3.8, 4) is 22.6 Å². The highest BCUT2D eigenvalue weighted by Crippen LogP contribution is 2.37. The van der Waals surface area contributed by atoms with Crippen molar-refractivity contribution in [2.45, 2.75) is 30.8 Å². The molecule has 0 radical (unpaired) electrons. The number of hydrogen-bond donors (Lipinski definition) is 2. The molecule has 11 heteroatoms. The summed E-state index contributed by atoms with van der Waals surface area (Å²) >= 11 is 0. The van der Waals surface area contributed by atoms with Gasteiger partial charge >= 0.3 is 0 Å². The molecule has 39 heavy (non-hydrogen) atoms. The summed E-state index contributed by atoms with van der Waals surface area (Å²) in [5.41, 5.74) is 1.32. The number of sulfonamides is 1. The van der Waals surface area contributed by atoms with Gasteiger partial charge < -0.3 is 29.1 Å². The lowest BCUT2D eigenvalue weighted by Gasteiger charge is -2.44. The van der Waals surface area contributed by atoms with Gasteiger partial charge in [0.15, 0.2) is 0 Å². The van der Waals surface area contributed by atoms with Crippen LogP contribution in [0.4, 0.5) is 0 Å². The van der Waals surface area contributed by atoms with Crippen molar-refractivity contribution < 1.29 is 32.5 Å². The summed E-state index contributed by atoms with van der Waals surface area (Å²) in [5.74, 6) is 0.904. The molecule has 0 aromatic heterocycles. The second-order valence-electron chi connectivity index (χ2n) is 10.4. The Hall–Kier alpha value is -2.70. The number of likely N-dealkylation sites (tertiary alicyclic amines) is 1. The largest absolute Gasteiger partial charge is 0.497 e. The highest BCUT2D eigenvalue weighted by atomic mass is 32.2. The molecular formula is C28H39N3O7S. The molecule has 1 saturated heterocycles. The normalized spacial score (nSPS) is 21.7. The van der Waals surface area contributed by atoms with Crippen LogP contribution in [0.5, 0.6) is 11.5 Å². The predicted molar refractivity (Wildman–Crippen MR) is 147 cm³/mol. The zero-order chi connectivity index (χ0) is 28.0. The number of hydrogen-bond acceptors (Lipinski definition) is 8. The molecule has 0 saturated carbocycles. The summed E-state index contributed by atoms with van der Waals surface area (Å²) in [6.07, 6.45) is 0.483. The highest BCUT2D eigenvalue weighted by molar-refractivity contribution is 7.89. The number of nitrogens with zero attached hydrogens (tertiary/aromatic N) is 2. The standard InChI is InChI=1S/C28H39N3O7S/c1-4-37-18-27(33)31-12-10-28(11-13-31)19-30(2)17-23(32)16-29-39(34,35)26-9-8-22(15-25(26)38-20-28)21-6-5-7-24(14-21)36-3/h5-9,14-15,23,29,32H,4,10-13,16-20H2,1-3H3. The van der Waals surface area contributed by atoms with E-state index >= 15 is 0 Å². The number of fused-ring (bicyclic) bond motifs is 1. The first kappa shape index (κ1) is 29.3. The molecule has 2 N–H and O–H groups in total. The monoisotopic (exact) mass is 561 g/mol. The third kappa shape index (κ3) is 7.29. The average Bonchev–Trinajstić information content (AvgIpc) is 2.93. The Morgan fingerprint density at radius 3 is 2.64 bits per heavy atom. The Bertz CT molecular complexity index is 1250. The Morgan fingerprint density at radius 2 is 1.92 bits per heavy atom. The number of nitrogens with one attached hydrogen (secondary N) is 1. The van der Waals surface area contributed by atoms with Crippen LogP contribution in [0.2, 0.25) is 0 Å². The van der Waals surface area contributed by atoms with Gasteiger partial charge in [-0.15, -0.1) is 0 Å². The molecule has 4 rings (SSSR count). The third-order valence-corrected chi connectivity index (χ3v) is 8.88. The van der Waals surface area contributed by atoms with Gasteiger partial charge in [-0.1, -0.05) is 18.2 Å². The van der Waals surface area contributed by atoms with Crippen molar-refractivity contribution in [1.82, 2.24) is 14.5 Å². The van der Waals surface area contributed by atoms with E-state index in [9.17, 15) is 18.3 Å². The van der Waals surface area contributed by atoms with E-state index in [0.29, 0.717) is 51.4 Å². The van der Waals surface area contributed by atoms with Crippen LogP contribution in [0.15, 0.2) is 47.4 Å². The number of amides is 1. The van der Waals surface area contributed by atoms with Gasteiger partial charge in [0.2, 0.25) is 15.9 Å². The number of ether oxygens (including phenoxy) is 3. The van der Waals surface area contributed by atoms with E-state index in [-0.39, 0.29) is 41.7 Å². The van der Waals surface area contributed by atoms with E-state index in [1.807, 2.05) is 48.0 Å². The van der Waals surface area contributed by atoms with Crippen LogP contribution in [-0.2, 0) is 19.6 Å². The minimum Gasteiger partial charge on any atom is -0.497 e. The summed E-state index contributed by atoms with van der Waals surface area (Å²) in [7, 11) is -0.442. The van der Waals surface area contributed by atoms with Gasteiger partial charge in [-0.05, 0) is 62.2 Å². The first-order valence-electron chi connectivity index (χ1n) is 13.3. The van der Waals surface area contributed by atoms with Crippen LogP contribution >= 0.6 is 0 Å². The summed E-state index contributed by atoms with van der Waals surface area (Å²) in [6.45, 7) is 4.62. The summed E-state index contributed by atoms with van der Waals surface area (Å²) in [6, 6.07) is 12.5. The SMILES string of the molecule is CCOCC(=O)N1CCC2(CC1)COc1cc(-c3cccc(OC)c3)ccc1S(=O)(=O)NCC(O)CN(C)C2. The van der Waals surface area contributed by atoms with Gasteiger partial charge in [-0.2, -0.15) is 0 Å². The van der Waals surface area contributed by atoms with E-state index in [1.54, 1.807) is 25.3 Å². The average molecular weight is 562 g/mol. The van der Waals surface area contributed by atoms with Crippen LogP contribution in [0.1, 0.15) is 19.8 Å². The van der Waals surface area contributed by atoms with E-state index in [0.717, 1.165) is 11.1 Å². The Kier molecular flexibility index (Phi) is 9.50. The number of piperidine rings is 1. The number of β-amino-alcohol motifs (C(OH)–C–C–N with tert-alkyl or cyclic N) is 1. The van der Waals surface area contributed by atoms with Gasteiger partial charge in [-0.25, -0.2) is 13.1 Å². The molecule has 0 bridgehead atoms. The third-order valence-electron chi connectivity index (χ3n) is 7.41. The number of aliphatic hydroxyl groups excluding tert-OH is 1. The Morgan fingerprint density at radius 1 is 1.18 bits per heavy atom. The van der Waals surface area contributed by atoms with Crippen molar-refractivity contribution in [1.29, 1.82) is 0 Å².